The van der Waals surface area contributed by atoms with Crippen LogP contribution in [0.25, 0.3) is 11.1 Å². The van der Waals surface area contributed by atoms with E-state index in [0.717, 1.165) is 15.6 Å². The molecule has 0 atom stereocenters. The summed E-state index contributed by atoms with van der Waals surface area (Å²) in [7, 11) is 0.811. The molecule has 0 bridgehead atoms. The van der Waals surface area contributed by atoms with Crippen LogP contribution in [0.4, 0.5) is 0 Å². The normalized spacial score (nSPS) is 10.0. The van der Waals surface area contributed by atoms with E-state index >= 15 is 0 Å². The highest BCUT2D eigenvalue weighted by Crippen LogP contribution is 2.16. The maximum Gasteiger partial charge on any atom is 0.0857 e. The molecule has 16 heavy (non-hydrogen) atoms. The number of rotatable bonds is 4. The van der Waals surface area contributed by atoms with E-state index < -0.39 is 0 Å². The van der Waals surface area contributed by atoms with Crippen LogP contribution in [0.2, 0.25) is 6.04 Å². The van der Waals surface area contributed by atoms with Gasteiger partial charge in [0.05, 0.1) is 9.52 Å². The van der Waals surface area contributed by atoms with Gasteiger partial charge in [-0.1, -0.05) is 65.9 Å². The molecule has 0 aliphatic heterocycles. The monoisotopic (exact) mass is 222 g/mol. The molecule has 0 heterocycles. The maximum absolute atomic E-state index is 3.79. The van der Waals surface area contributed by atoms with Crippen LogP contribution in [-0.2, 0) is 0 Å². The molecule has 0 aliphatic rings. The molecule has 78 valence electrons. The molecule has 0 unspecified atom stereocenters. The van der Waals surface area contributed by atoms with Crippen molar-refractivity contribution in [2.75, 3.05) is 0 Å². The average molecular weight is 222 g/mol. The van der Waals surface area contributed by atoms with Crippen molar-refractivity contribution in [3.63, 3.8) is 0 Å². The van der Waals surface area contributed by atoms with Crippen molar-refractivity contribution in [2.24, 2.45) is 0 Å². The van der Waals surface area contributed by atoms with Crippen LogP contribution in [0, 0.1) is 0 Å². The maximum atomic E-state index is 3.79. The minimum absolute atomic E-state index is 0.811. The zero-order valence-electron chi connectivity index (χ0n) is 9.19. The van der Waals surface area contributed by atoms with Gasteiger partial charge in [0.1, 0.15) is 0 Å². The molecular formula is C15H14Si. The van der Waals surface area contributed by atoms with Gasteiger partial charge in [-0.3, -0.25) is 0 Å². The van der Waals surface area contributed by atoms with E-state index in [1.807, 2.05) is 6.08 Å². The third-order valence-corrected chi connectivity index (χ3v) is 3.76. The van der Waals surface area contributed by atoms with Crippen molar-refractivity contribution in [3.8, 4) is 11.1 Å². The van der Waals surface area contributed by atoms with E-state index in [-0.39, 0.29) is 0 Å². The smallest absolute Gasteiger partial charge is 0.0857 e. The lowest BCUT2D eigenvalue weighted by Crippen LogP contribution is -2.15. The van der Waals surface area contributed by atoms with Crippen molar-refractivity contribution in [3.05, 3.63) is 67.3 Å². The number of hydrogen-bond acceptors (Lipinski definition) is 0. The molecule has 0 saturated carbocycles. The molecule has 2 radical (unpaired) electrons. The largest absolute Gasteiger partial charge is 0.103 e. The first-order chi connectivity index (χ1) is 7.92. The van der Waals surface area contributed by atoms with Gasteiger partial charge < -0.3 is 0 Å². The molecule has 0 aliphatic carbocycles. The van der Waals surface area contributed by atoms with Crippen LogP contribution >= 0.6 is 0 Å². The van der Waals surface area contributed by atoms with Gasteiger partial charge in [0, 0.05) is 0 Å². The fourth-order valence-electron chi connectivity index (χ4n) is 1.69. The quantitative estimate of drug-likeness (QED) is 0.550. The lowest BCUT2D eigenvalue weighted by Gasteiger charge is -2.07. The molecule has 0 aromatic heterocycles. The molecule has 0 nitrogen and oxygen atoms in total. The van der Waals surface area contributed by atoms with Crippen LogP contribution in [0.1, 0.15) is 0 Å². The van der Waals surface area contributed by atoms with Crippen molar-refractivity contribution in [2.45, 2.75) is 6.04 Å². The van der Waals surface area contributed by atoms with E-state index in [1.54, 1.807) is 0 Å². The molecular weight excluding hydrogens is 208 g/mol. The lowest BCUT2D eigenvalue weighted by atomic mass is 10.1. The van der Waals surface area contributed by atoms with Gasteiger partial charge in [-0.05, 0) is 17.2 Å². The van der Waals surface area contributed by atoms with Crippen LogP contribution in [0.15, 0.2) is 67.3 Å². The molecule has 1 heteroatoms. The van der Waals surface area contributed by atoms with Gasteiger partial charge in [-0.2, -0.15) is 0 Å². The van der Waals surface area contributed by atoms with Gasteiger partial charge in [0.25, 0.3) is 0 Å². The SMILES string of the molecule is C=CC[Si]c1ccccc1-c1ccccc1. The van der Waals surface area contributed by atoms with E-state index in [1.165, 1.54) is 16.3 Å². The second kappa shape index (κ2) is 5.47. The number of hydrogen-bond donors (Lipinski definition) is 0. The second-order valence-corrected chi connectivity index (χ2v) is 4.88. The highest BCUT2D eigenvalue weighted by Gasteiger charge is 2.03. The summed E-state index contributed by atoms with van der Waals surface area (Å²) in [6, 6.07) is 20.2. The topological polar surface area (TPSA) is 0 Å². The zero-order chi connectivity index (χ0) is 11.2. The van der Waals surface area contributed by atoms with Crippen molar-refractivity contribution in [1.82, 2.24) is 0 Å². The Morgan fingerprint density at radius 2 is 1.62 bits per heavy atom. The Labute approximate surface area is 99.5 Å². The van der Waals surface area contributed by atoms with Crippen molar-refractivity contribution >= 4 is 14.7 Å². The van der Waals surface area contributed by atoms with Gasteiger partial charge in [-0.15, -0.1) is 6.58 Å². The fraction of sp³-hybridized carbons (Fsp3) is 0.0667. The molecule has 0 N–H and O–H groups in total. The Hall–Kier alpha value is -1.60. The van der Waals surface area contributed by atoms with E-state index in [2.05, 4.69) is 61.2 Å². The van der Waals surface area contributed by atoms with Crippen LogP contribution in [-0.4, -0.2) is 9.52 Å². The van der Waals surface area contributed by atoms with Crippen molar-refractivity contribution < 1.29 is 0 Å². The Kier molecular flexibility index (Phi) is 3.73. The first-order valence-corrected chi connectivity index (χ1v) is 6.62. The molecule has 0 amide bonds. The Morgan fingerprint density at radius 3 is 2.38 bits per heavy atom. The van der Waals surface area contributed by atoms with E-state index in [9.17, 15) is 0 Å². The summed E-state index contributed by atoms with van der Waals surface area (Å²) in [6.07, 6.45) is 1.99. The summed E-state index contributed by atoms with van der Waals surface area (Å²) < 4.78 is 0. The molecule has 2 aromatic rings. The average Bonchev–Trinajstić information content (AvgIpc) is 2.38. The molecule has 0 saturated heterocycles. The van der Waals surface area contributed by atoms with Gasteiger partial charge >= 0.3 is 0 Å². The van der Waals surface area contributed by atoms with Gasteiger partial charge in [0.15, 0.2) is 0 Å². The van der Waals surface area contributed by atoms with Gasteiger partial charge in [-0.25, -0.2) is 0 Å². The van der Waals surface area contributed by atoms with Gasteiger partial charge in [0.2, 0.25) is 0 Å². The van der Waals surface area contributed by atoms with Crippen LogP contribution < -0.4 is 5.19 Å². The minimum Gasteiger partial charge on any atom is -0.103 e. The number of benzene rings is 2. The fourth-order valence-corrected chi connectivity index (χ4v) is 2.69. The lowest BCUT2D eigenvalue weighted by molar-refractivity contribution is 1.63. The molecule has 0 fully saturated rings. The molecule has 0 spiro atoms. The standard InChI is InChI=1S/C15H14Si/c1-2-12-16-15-11-7-6-10-14(15)13-8-4-3-5-9-13/h2-11H,1,12H2. The highest BCUT2D eigenvalue weighted by molar-refractivity contribution is 6.55. The third kappa shape index (κ3) is 2.50. The predicted octanol–water partition coefficient (Wildman–Crippen LogP) is 3.29. The first kappa shape index (κ1) is 10.9. The second-order valence-electron chi connectivity index (χ2n) is 3.58. The van der Waals surface area contributed by atoms with Crippen LogP contribution in [0.3, 0.4) is 0 Å². The summed E-state index contributed by atoms with van der Waals surface area (Å²) in [5, 5.41) is 1.42. The summed E-state index contributed by atoms with van der Waals surface area (Å²) >= 11 is 0. The number of allylic oxidation sites excluding steroid dienone is 1. The Bertz CT molecular complexity index is 460. The molecule has 2 aromatic carbocycles. The highest BCUT2D eigenvalue weighted by atomic mass is 28.2. The minimum atomic E-state index is 0.811. The van der Waals surface area contributed by atoms with Crippen LogP contribution in [0.5, 0.6) is 0 Å². The summed E-state index contributed by atoms with van der Waals surface area (Å²) in [5.74, 6) is 0. The third-order valence-electron chi connectivity index (χ3n) is 2.45. The Balaban J connectivity index is 2.36. The predicted molar refractivity (Wildman–Crippen MR) is 72.3 cm³/mol. The summed E-state index contributed by atoms with van der Waals surface area (Å²) in [5.41, 5.74) is 2.65. The Morgan fingerprint density at radius 1 is 0.938 bits per heavy atom. The van der Waals surface area contributed by atoms with E-state index in [4.69, 9.17) is 0 Å². The summed E-state index contributed by atoms with van der Waals surface area (Å²) in [4.78, 5) is 0. The first-order valence-electron chi connectivity index (χ1n) is 5.41. The summed E-state index contributed by atoms with van der Waals surface area (Å²) in [6.45, 7) is 3.79. The van der Waals surface area contributed by atoms with Crippen molar-refractivity contribution in [1.29, 1.82) is 0 Å². The van der Waals surface area contributed by atoms with E-state index in [0.29, 0.717) is 0 Å². The zero-order valence-corrected chi connectivity index (χ0v) is 10.2. The molecule has 2 rings (SSSR count).